The highest BCUT2D eigenvalue weighted by Crippen LogP contribution is 2.16. The average Bonchev–Trinajstić information content (AvgIpc) is 2.18. The number of hydrogen-bond donors (Lipinski definition) is 1. The molecule has 0 fully saturated rings. The maximum atomic E-state index is 11.7. The summed E-state index contributed by atoms with van der Waals surface area (Å²) in [6.45, 7) is 3.97. The van der Waals surface area contributed by atoms with Crippen molar-refractivity contribution in [2.45, 2.75) is 19.8 Å². The Labute approximate surface area is 92.1 Å². The number of nitrogens with zero attached hydrogens (tertiary/aromatic N) is 1. The summed E-state index contributed by atoms with van der Waals surface area (Å²) in [4.78, 5) is 18.8. The van der Waals surface area contributed by atoms with Gasteiger partial charge in [-0.3, -0.25) is 4.79 Å². The van der Waals surface area contributed by atoms with Crippen molar-refractivity contribution in [3.8, 4) is 0 Å². The molecule has 1 N–H and O–H groups in total. The third kappa shape index (κ3) is 1.88. The Morgan fingerprint density at radius 1 is 1.40 bits per heavy atom. The van der Waals surface area contributed by atoms with Crippen LogP contribution in [0.25, 0.3) is 10.9 Å². The van der Waals surface area contributed by atoms with Gasteiger partial charge in [-0.15, -0.1) is 0 Å². The first-order valence-corrected chi connectivity index (χ1v) is 5.15. The van der Waals surface area contributed by atoms with Gasteiger partial charge >= 0.3 is 0 Å². The minimum absolute atomic E-state index is 0.133. The van der Waals surface area contributed by atoms with Gasteiger partial charge in [-0.25, -0.2) is 4.98 Å². The molecule has 1 heterocycles. The normalized spacial score (nSPS) is 11.2. The number of hydrogen-bond acceptors (Lipinski definition) is 2. The van der Waals surface area contributed by atoms with Crippen molar-refractivity contribution in [3.63, 3.8) is 0 Å². The highest BCUT2D eigenvalue weighted by atomic mass is 35.5. The van der Waals surface area contributed by atoms with Gasteiger partial charge in [0.05, 0.1) is 10.9 Å². The van der Waals surface area contributed by atoms with Crippen LogP contribution in [-0.4, -0.2) is 9.97 Å². The lowest BCUT2D eigenvalue weighted by Gasteiger charge is -2.05. The second-order valence-electron chi connectivity index (χ2n) is 3.77. The van der Waals surface area contributed by atoms with E-state index in [9.17, 15) is 4.79 Å². The number of aromatic amines is 1. The average molecular weight is 223 g/mol. The van der Waals surface area contributed by atoms with E-state index < -0.39 is 0 Å². The number of benzene rings is 1. The van der Waals surface area contributed by atoms with Crippen molar-refractivity contribution >= 4 is 22.5 Å². The lowest BCUT2D eigenvalue weighted by molar-refractivity contribution is 0.776. The number of fused-ring (bicyclic) bond motifs is 1. The second-order valence-corrected chi connectivity index (χ2v) is 4.20. The zero-order chi connectivity index (χ0) is 11.0. The number of aromatic nitrogens is 2. The molecule has 2 rings (SSSR count). The van der Waals surface area contributed by atoms with Gasteiger partial charge in [-0.1, -0.05) is 25.4 Å². The summed E-state index contributed by atoms with van der Waals surface area (Å²) in [6, 6.07) is 5.13. The van der Waals surface area contributed by atoms with E-state index >= 15 is 0 Å². The summed E-state index contributed by atoms with van der Waals surface area (Å²) in [6.07, 6.45) is 0. The number of H-pyrrole nitrogens is 1. The Balaban J connectivity index is 2.79. The molecule has 0 aliphatic rings. The van der Waals surface area contributed by atoms with Gasteiger partial charge in [0.1, 0.15) is 5.82 Å². The fourth-order valence-corrected chi connectivity index (χ4v) is 1.57. The van der Waals surface area contributed by atoms with Crippen molar-refractivity contribution in [1.29, 1.82) is 0 Å². The minimum atomic E-state index is -0.133. The van der Waals surface area contributed by atoms with Crippen molar-refractivity contribution < 1.29 is 0 Å². The quantitative estimate of drug-likeness (QED) is 0.807. The van der Waals surface area contributed by atoms with Crippen LogP contribution < -0.4 is 5.56 Å². The van der Waals surface area contributed by atoms with Crippen molar-refractivity contribution in [1.82, 2.24) is 9.97 Å². The maximum absolute atomic E-state index is 11.7. The second kappa shape index (κ2) is 3.66. The van der Waals surface area contributed by atoms with Crippen LogP contribution in [-0.2, 0) is 0 Å². The van der Waals surface area contributed by atoms with Gasteiger partial charge in [-0.2, -0.15) is 0 Å². The van der Waals surface area contributed by atoms with Crippen LogP contribution in [0, 0.1) is 0 Å². The summed E-state index contributed by atoms with van der Waals surface area (Å²) in [7, 11) is 0. The summed E-state index contributed by atoms with van der Waals surface area (Å²) in [5.74, 6) is 0.910. The first kappa shape index (κ1) is 10.2. The van der Waals surface area contributed by atoms with Crippen molar-refractivity contribution in [3.05, 3.63) is 39.4 Å². The standard InChI is InChI=1S/C11H11ClN2O/c1-6(2)10-13-9-4-3-7(12)5-8(9)11(15)14-10/h3-6H,1-2H3,(H,13,14,15). The first-order valence-electron chi connectivity index (χ1n) is 4.77. The van der Waals surface area contributed by atoms with Crippen molar-refractivity contribution in [2.75, 3.05) is 0 Å². The molecule has 0 bridgehead atoms. The van der Waals surface area contributed by atoms with Crippen LogP contribution in [0.1, 0.15) is 25.6 Å². The molecule has 0 atom stereocenters. The van der Waals surface area contributed by atoms with Crippen LogP contribution in [0.4, 0.5) is 0 Å². The fraction of sp³-hybridized carbons (Fsp3) is 0.273. The molecule has 0 aliphatic heterocycles. The van der Waals surface area contributed by atoms with Crippen LogP contribution in [0.5, 0.6) is 0 Å². The third-order valence-electron chi connectivity index (χ3n) is 2.23. The lowest BCUT2D eigenvalue weighted by Crippen LogP contribution is -2.12. The molecular weight excluding hydrogens is 212 g/mol. The number of rotatable bonds is 1. The van der Waals surface area contributed by atoms with E-state index in [1.807, 2.05) is 13.8 Å². The zero-order valence-corrected chi connectivity index (χ0v) is 9.30. The van der Waals surface area contributed by atoms with Gasteiger partial charge < -0.3 is 4.98 Å². The van der Waals surface area contributed by atoms with E-state index in [1.54, 1.807) is 18.2 Å². The van der Waals surface area contributed by atoms with Crippen LogP contribution in [0.3, 0.4) is 0 Å². The molecule has 0 radical (unpaired) electrons. The van der Waals surface area contributed by atoms with Gasteiger partial charge in [0.2, 0.25) is 0 Å². The zero-order valence-electron chi connectivity index (χ0n) is 8.54. The molecule has 2 aromatic rings. The summed E-state index contributed by atoms with van der Waals surface area (Å²) < 4.78 is 0. The summed E-state index contributed by atoms with van der Waals surface area (Å²) >= 11 is 5.81. The van der Waals surface area contributed by atoms with E-state index in [2.05, 4.69) is 9.97 Å². The predicted molar refractivity (Wildman–Crippen MR) is 61.5 cm³/mol. The number of halogens is 1. The smallest absolute Gasteiger partial charge is 0.258 e. The highest BCUT2D eigenvalue weighted by molar-refractivity contribution is 6.31. The highest BCUT2D eigenvalue weighted by Gasteiger charge is 2.06. The van der Waals surface area contributed by atoms with E-state index in [0.29, 0.717) is 21.7 Å². The van der Waals surface area contributed by atoms with E-state index in [1.165, 1.54) is 0 Å². The molecule has 3 nitrogen and oxygen atoms in total. The molecule has 0 spiro atoms. The molecule has 15 heavy (non-hydrogen) atoms. The molecule has 1 aromatic heterocycles. The Morgan fingerprint density at radius 3 is 2.80 bits per heavy atom. The maximum Gasteiger partial charge on any atom is 0.258 e. The predicted octanol–water partition coefficient (Wildman–Crippen LogP) is 2.70. The molecule has 0 amide bonds. The monoisotopic (exact) mass is 222 g/mol. The molecule has 0 saturated carbocycles. The van der Waals surface area contributed by atoms with E-state index in [0.717, 1.165) is 0 Å². The summed E-state index contributed by atoms with van der Waals surface area (Å²) in [5.41, 5.74) is 0.554. The Bertz CT molecular complexity index is 560. The summed E-state index contributed by atoms with van der Waals surface area (Å²) in [5, 5.41) is 1.08. The SMILES string of the molecule is CC(C)c1nc2ccc(Cl)cc2c(=O)[nH]1. The van der Waals surface area contributed by atoms with Crippen molar-refractivity contribution in [2.24, 2.45) is 0 Å². The molecule has 1 aromatic carbocycles. The van der Waals surface area contributed by atoms with Gasteiger partial charge in [0.25, 0.3) is 5.56 Å². The van der Waals surface area contributed by atoms with Crippen LogP contribution >= 0.6 is 11.6 Å². The van der Waals surface area contributed by atoms with Gasteiger partial charge in [0, 0.05) is 10.9 Å². The molecular formula is C11H11ClN2O. The number of nitrogens with one attached hydrogen (secondary N) is 1. The molecule has 0 saturated heterocycles. The Hall–Kier alpha value is -1.35. The first-order chi connectivity index (χ1) is 7.08. The lowest BCUT2D eigenvalue weighted by atomic mass is 10.2. The van der Waals surface area contributed by atoms with E-state index in [-0.39, 0.29) is 11.5 Å². The topological polar surface area (TPSA) is 45.8 Å². The Kier molecular flexibility index (Phi) is 2.49. The molecule has 0 unspecified atom stereocenters. The van der Waals surface area contributed by atoms with Crippen LogP contribution in [0.15, 0.2) is 23.0 Å². The van der Waals surface area contributed by atoms with Crippen LogP contribution in [0.2, 0.25) is 5.02 Å². The molecule has 78 valence electrons. The van der Waals surface area contributed by atoms with Gasteiger partial charge in [0.15, 0.2) is 0 Å². The third-order valence-corrected chi connectivity index (χ3v) is 2.47. The fourth-order valence-electron chi connectivity index (χ4n) is 1.40. The minimum Gasteiger partial charge on any atom is -0.310 e. The largest absolute Gasteiger partial charge is 0.310 e. The molecule has 0 aliphatic carbocycles. The Morgan fingerprint density at radius 2 is 2.13 bits per heavy atom. The molecule has 4 heteroatoms. The van der Waals surface area contributed by atoms with Gasteiger partial charge in [-0.05, 0) is 18.2 Å². The van der Waals surface area contributed by atoms with E-state index in [4.69, 9.17) is 11.6 Å².